The van der Waals surface area contributed by atoms with Gasteiger partial charge in [-0.2, -0.15) is 0 Å². The molecule has 1 aliphatic carbocycles. The van der Waals surface area contributed by atoms with E-state index >= 15 is 0 Å². The van der Waals surface area contributed by atoms with E-state index in [4.69, 9.17) is 10.5 Å². The lowest BCUT2D eigenvalue weighted by Gasteiger charge is -2.22. The smallest absolute Gasteiger partial charge is 0.497 e. The standard InChI is InChI=1S/C20H24F3N5O2/c1-12(24)10-16-18(27-28-19(26-16)25-13-6-4-3-5-7-13)15-9-8-14(29-2)11-17(15)30-20(21,22)23/h8-11,13H,3-7,24H2,1-2H3,(H,25,26,28). The summed E-state index contributed by atoms with van der Waals surface area (Å²) in [6.07, 6.45) is 2.13. The van der Waals surface area contributed by atoms with Gasteiger partial charge in [-0.15, -0.1) is 23.4 Å². The number of benzene rings is 1. The van der Waals surface area contributed by atoms with Crippen molar-refractivity contribution in [1.29, 1.82) is 0 Å². The summed E-state index contributed by atoms with van der Waals surface area (Å²) in [6, 6.07) is 4.31. The Labute approximate surface area is 172 Å². The molecule has 1 aliphatic rings. The number of methoxy groups -OCH3 is 1. The van der Waals surface area contributed by atoms with Crippen molar-refractivity contribution in [2.24, 2.45) is 5.73 Å². The molecule has 2 aromatic rings. The molecule has 3 N–H and O–H groups in total. The molecule has 0 atom stereocenters. The summed E-state index contributed by atoms with van der Waals surface area (Å²) in [5.41, 5.74) is 6.72. The quantitative estimate of drug-likeness (QED) is 0.706. The van der Waals surface area contributed by atoms with Gasteiger partial charge in [0, 0.05) is 23.4 Å². The van der Waals surface area contributed by atoms with Crippen molar-refractivity contribution < 1.29 is 22.6 Å². The van der Waals surface area contributed by atoms with E-state index < -0.39 is 12.1 Å². The first kappa shape index (κ1) is 21.7. The fourth-order valence-electron chi connectivity index (χ4n) is 3.37. The highest BCUT2D eigenvalue weighted by atomic mass is 19.4. The highest BCUT2D eigenvalue weighted by Crippen LogP contribution is 2.37. The first-order valence-electron chi connectivity index (χ1n) is 9.64. The van der Waals surface area contributed by atoms with Gasteiger partial charge in [0.15, 0.2) is 0 Å². The Bertz CT molecular complexity index is 908. The zero-order chi connectivity index (χ0) is 21.7. The summed E-state index contributed by atoms with van der Waals surface area (Å²) >= 11 is 0. The molecule has 7 nitrogen and oxygen atoms in total. The predicted octanol–water partition coefficient (Wildman–Crippen LogP) is 4.51. The summed E-state index contributed by atoms with van der Waals surface area (Å²) in [6.45, 7) is 1.65. The van der Waals surface area contributed by atoms with Crippen LogP contribution in [-0.2, 0) is 0 Å². The van der Waals surface area contributed by atoms with Crippen molar-refractivity contribution in [1.82, 2.24) is 15.2 Å². The van der Waals surface area contributed by atoms with Gasteiger partial charge in [-0.1, -0.05) is 19.3 Å². The van der Waals surface area contributed by atoms with Crippen LogP contribution in [0.5, 0.6) is 11.5 Å². The fourth-order valence-corrected chi connectivity index (χ4v) is 3.37. The average molecular weight is 423 g/mol. The molecule has 0 radical (unpaired) electrons. The van der Waals surface area contributed by atoms with Crippen molar-refractivity contribution in [3.63, 3.8) is 0 Å². The maximum absolute atomic E-state index is 13.0. The predicted molar refractivity (Wildman–Crippen MR) is 107 cm³/mol. The molecule has 0 saturated heterocycles. The minimum absolute atomic E-state index is 0.0739. The number of ether oxygens (including phenoxy) is 2. The molecule has 0 aliphatic heterocycles. The number of nitrogens with one attached hydrogen (secondary N) is 1. The number of anilines is 1. The molecule has 10 heteroatoms. The second-order valence-electron chi connectivity index (χ2n) is 7.15. The van der Waals surface area contributed by atoms with Crippen molar-refractivity contribution >= 4 is 12.0 Å². The molecule has 162 valence electrons. The SMILES string of the molecule is COc1ccc(-c2nnc(NC3CCCCC3)nc2C=C(C)N)c(OC(F)(F)F)c1. The Morgan fingerprint density at radius 2 is 1.93 bits per heavy atom. The van der Waals surface area contributed by atoms with E-state index in [9.17, 15) is 13.2 Å². The molecule has 0 spiro atoms. The molecule has 1 aromatic heterocycles. The van der Waals surface area contributed by atoms with Gasteiger partial charge in [-0.25, -0.2) is 4.98 Å². The molecule has 1 saturated carbocycles. The molecule has 1 aromatic carbocycles. The first-order chi connectivity index (χ1) is 14.2. The van der Waals surface area contributed by atoms with E-state index in [1.807, 2.05) is 0 Å². The molecule has 3 rings (SSSR count). The van der Waals surface area contributed by atoms with Gasteiger partial charge in [0.25, 0.3) is 0 Å². The van der Waals surface area contributed by atoms with Gasteiger partial charge >= 0.3 is 6.36 Å². The molecule has 1 fully saturated rings. The Morgan fingerprint density at radius 3 is 2.57 bits per heavy atom. The van der Waals surface area contributed by atoms with E-state index in [-0.39, 0.29) is 23.0 Å². The van der Waals surface area contributed by atoms with E-state index in [1.165, 1.54) is 31.7 Å². The summed E-state index contributed by atoms with van der Waals surface area (Å²) in [4.78, 5) is 4.45. The van der Waals surface area contributed by atoms with Crippen LogP contribution in [-0.4, -0.2) is 34.7 Å². The van der Waals surface area contributed by atoms with Crippen LogP contribution in [0, 0.1) is 0 Å². The maximum Gasteiger partial charge on any atom is 0.573 e. The van der Waals surface area contributed by atoms with Crippen LogP contribution in [0.15, 0.2) is 23.9 Å². The third-order valence-electron chi connectivity index (χ3n) is 4.69. The Balaban J connectivity index is 2.02. The van der Waals surface area contributed by atoms with Gasteiger partial charge in [0.05, 0.1) is 12.8 Å². The van der Waals surface area contributed by atoms with Crippen LogP contribution in [0.4, 0.5) is 19.1 Å². The van der Waals surface area contributed by atoms with E-state index in [0.29, 0.717) is 17.3 Å². The van der Waals surface area contributed by atoms with Gasteiger partial charge in [-0.3, -0.25) is 0 Å². The topological polar surface area (TPSA) is 95.2 Å². The number of rotatable bonds is 6. The number of aromatic nitrogens is 3. The summed E-state index contributed by atoms with van der Waals surface area (Å²) in [5, 5.41) is 11.5. The second-order valence-corrected chi connectivity index (χ2v) is 7.15. The number of nitrogens with zero attached hydrogens (tertiary/aromatic N) is 3. The van der Waals surface area contributed by atoms with Crippen LogP contribution in [0.1, 0.15) is 44.7 Å². The number of alkyl halides is 3. The lowest BCUT2D eigenvalue weighted by atomic mass is 9.96. The third kappa shape index (κ3) is 5.74. The van der Waals surface area contributed by atoms with Crippen molar-refractivity contribution in [2.75, 3.05) is 12.4 Å². The molecular formula is C20H24F3N5O2. The molecule has 30 heavy (non-hydrogen) atoms. The lowest BCUT2D eigenvalue weighted by Crippen LogP contribution is -2.24. The van der Waals surface area contributed by atoms with Crippen molar-refractivity contribution in [2.45, 2.75) is 51.4 Å². The van der Waals surface area contributed by atoms with Crippen LogP contribution in [0.3, 0.4) is 0 Å². The lowest BCUT2D eigenvalue weighted by molar-refractivity contribution is -0.274. The molecular weight excluding hydrogens is 399 g/mol. The monoisotopic (exact) mass is 423 g/mol. The van der Waals surface area contributed by atoms with Gasteiger partial charge < -0.3 is 20.5 Å². The molecule has 0 amide bonds. The number of halogens is 3. The largest absolute Gasteiger partial charge is 0.573 e. The van der Waals surface area contributed by atoms with Gasteiger partial charge in [0.2, 0.25) is 5.95 Å². The number of hydrogen-bond donors (Lipinski definition) is 2. The molecule has 0 bridgehead atoms. The van der Waals surface area contributed by atoms with Crippen LogP contribution < -0.4 is 20.5 Å². The normalized spacial score (nSPS) is 15.7. The zero-order valence-corrected chi connectivity index (χ0v) is 16.8. The Kier molecular flexibility index (Phi) is 6.63. The zero-order valence-electron chi connectivity index (χ0n) is 16.8. The van der Waals surface area contributed by atoms with Crippen LogP contribution >= 0.6 is 0 Å². The van der Waals surface area contributed by atoms with Gasteiger partial charge in [-0.05, 0) is 38.0 Å². The number of nitrogens with two attached hydrogens (primary N) is 1. The highest BCUT2D eigenvalue weighted by Gasteiger charge is 2.33. The fraction of sp³-hybridized carbons (Fsp3) is 0.450. The highest BCUT2D eigenvalue weighted by molar-refractivity contribution is 5.75. The average Bonchev–Trinajstić information content (AvgIpc) is 2.68. The minimum Gasteiger partial charge on any atom is -0.497 e. The van der Waals surface area contributed by atoms with Crippen LogP contribution in [0.25, 0.3) is 17.3 Å². The maximum atomic E-state index is 13.0. The van der Waals surface area contributed by atoms with E-state index in [1.54, 1.807) is 6.92 Å². The summed E-state index contributed by atoms with van der Waals surface area (Å²) in [5.74, 6) is 0.0572. The van der Waals surface area contributed by atoms with Crippen LogP contribution in [0.2, 0.25) is 0 Å². The molecule has 1 heterocycles. The minimum atomic E-state index is -4.88. The van der Waals surface area contributed by atoms with E-state index in [2.05, 4.69) is 25.2 Å². The Hall–Kier alpha value is -3.04. The number of hydrogen-bond acceptors (Lipinski definition) is 7. The first-order valence-corrected chi connectivity index (χ1v) is 9.64. The Morgan fingerprint density at radius 1 is 1.20 bits per heavy atom. The van der Waals surface area contributed by atoms with Gasteiger partial charge in [0.1, 0.15) is 17.2 Å². The van der Waals surface area contributed by atoms with E-state index in [0.717, 1.165) is 31.7 Å². The number of allylic oxidation sites excluding steroid dienone is 1. The second kappa shape index (κ2) is 9.19. The third-order valence-corrected chi connectivity index (χ3v) is 4.69. The molecule has 0 unspecified atom stereocenters. The van der Waals surface area contributed by atoms with Crippen molar-refractivity contribution in [3.05, 3.63) is 29.6 Å². The van der Waals surface area contributed by atoms with Crippen molar-refractivity contribution in [3.8, 4) is 22.8 Å². The summed E-state index contributed by atoms with van der Waals surface area (Å²) in [7, 11) is 1.35. The summed E-state index contributed by atoms with van der Waals surface area (Å²) < 4.78 is 48.1.